The Kier molecular flexibility index (Phi) is 3.04. The van der Waals surface area contributed by atoms with Gasteiger partial charge in [-0.05, 0) is 32.4 Å². The van der Waals surface area contributed by atoms with Crippen LogP contribution in [0.25, 0.3) is 11.4 Å². The second-order valence-corrected chi connectivity index (χ2v) is 4.95. The van der Waals surface area contributed by atoms with Crippen LogP contribution in [-0.2, 0) is 0 Å². The van der Waals surface area contributed by atoms with Crippen LogP contribution in [0.4, 0.5) is 0 Å². The van der Waals surface area contributed by atoms with Crippen LogP contribution < -0.4 is 5.32 Å². The van der Waals surface area contributed by atoms with Crippen molar-refractivity contribution >= 4 is 0 Å². The summed E-state index contributed by atoms with van der Waals surface area (Å²) in [5.41, 5.74) is 2.75. The van der Waals surface area contributed by atoms with Crippen molar-refractivity contribution in [2.75, 3.05) is 6.54 Å². The minimum Gasteiger partial charge on any atom is -0.392 e. The fourth-order valence-electron chi connectivity index (χ4n) is 2.36. The van der Waals surface area contributed by atoms with Crippen LogP contribution in [0.5, 0.6) is 0 Å². The number of aryl methyl sites for hydroxylation is 2. The highest BCUT2D eigenvalue weighted by Gasteiger charge is 2.28. The summed E-state index contributed by atoms with van der Waals surface area (Å²) in [6.45, 7) is 4.44. The fourth-order valence-corrected chi connectivity index (χ4v) is 2.36. The maximum absolute atomic E-state index is 9.50. The van der Waals surface area contributed by atoms with Crippen LogP contribution in [0, 0.1) is 13.8 Å². The molecule has 0 spiro atoms. The molecule has 0 aliphatic carbocycles. The molecule has 0 saturated carbocycles. The van der Waals surface area contributed by atoms with Gasteiger partial charge >= 0.3 is 0 Å². The molecule has 1 fully saturated rings. The molecule has 1 aliphatic rings. The molecule has 0 aromatic carbocycles. The number of aromatic nitrogens is 3. The van der Waals surface area contributed by atoms with Crippen LogP contribution in [0.15, 0.2) is 16.7 Å². The zero-order chi connectivity index (χ0) is 13.4. The fraction of sp³-hybridized carbons (Fsp3) is 0.462. The van der Waals surface area contributed by atoms with Crippen molar-refractivity contribution in [2.24, 2.45) is 0 Å². The first-order valence-corrected chi connectivity index (χ1v) is 6.32. The highest BCUT2D eigenvalue weighted by Crippen LogP contribution is 2.25. The topological polar surface area (TPSA) is 84.1 Å². The number of β-amino-alcohol motifs (C(OH)–C–C–N with tert-alkyl or cyclic N) is 1. The number of aliphatic hydroxyl groups excluding tert-OH is 1. The molecule has 2 N–H and O–H groups in total. The van der Waals surface area contributed by atoms with Crippen LogP contribution in [0.2, 0.25) is 0 Å². The third-order valence-corrected chi connectivity index (χ3v) is 3.19. The SMILES string of the molecule is Cc1cc(-c2noc([C@H]3C[C@H](O)CN3)n2)cc(C)n1. The first-order chi connectivity index (χ1) is 9.11. The van der Waals surface area contributed by atoms with Gasteiger partial charge in [0, 0.05) is 23.5 Å². The van der Waals surface area contributed by atoms with E-state index < -0.39 is 0 Å². The van der Waals surface area contributed by atoms with E-state index in [0.717, 1.165) is 17.0 Å². The molecular formula is C13H16N4O2. The number of nitrogens with zero attached hydrogens (tertiary/aromatic N) is 3. The van der Waals surface area contributed by atoms with Crippen LogP contribution in [0.1, 0.15) is 29.7 Å². The number of aliphatic hydroxyl groups is 1. The lowest BCUT2D eigenvalue weighted by atomic mass is 10.2. The smallest absolute Gasteiger partial charge is 0.244 e. The van der Waals surface area contributed by atoms with Crippen LogP contribution in [0.3, 0.4) is 0 Å². The Bertz CT molecular complexity index is 576. The summed E-state index contributed by atoms with van der Waals surface area (Å²) in [6, 6.07) is 3.80. The van der Waals surface area contributed by atoms with Gasteiger partial charge in [-0.1, -0.05) is 5.16 Å². The van der Waals surface area contributed by atoms with Gasteiger partial charge in [-0.25, -0.2) is 0 Å². The molecule has 2 atom stereocenters. The summed E-state index contributed by atoms with van der Waals surface area (Å²) < 4.78 is 5.28. The van der Waals surface area contributed by atoms with E-state index >= 15 is 0 Å². The third-order valence-electron chi connectivity index (χ3n) is 3.19. The van der Waals surface area contributed by atoms with E-state index in [2.05, 4.69) is 20.4 Å². The first-order valence-electron chi connectivity index (χ1n) is 6.32. The molecule has 1 saturated heterocycles. The summed E-state index contributed by atoms with van der Waals surface area (Å²) >= 11 is 0. The van der Waals surface area contributed by atoms with Gasteiger partial charge in [0.15, 0.2) is 0 Å². The second-order valence-electron chi connectivity index (χ2n) is 4.95. The molecule has 2 aromatic rings. The van der Waals surface area contributed by atoms with Crippen molar-refractivity contribution in [3.8, 4) is 11.4 Å². The van der Waals surface area contributed by atoms with Crippen molar-refractivity contribution in [3.05, 3.63) is 29.4 Å². The predicted octanol–water partition coefficient (Wildman–Crippen LogP) is 1.14. The maximum Gasteiger partial charge on any atom is 0.244 e. The second kappa shape index (κ2) is 4.71. The van der Waals surface area contributed by atoms with E-state index in [-0.39, 0.29) is 12.1 Å². The Hall–Kier alpha value is -1.79. The molecule has 100 valence electrons. The molecule has 19 heavy (non-hydrogen) atoms. The van der Waals surface area contributed by atoms with E-state index in [9.17, 15) is 5.11 Å². The van der Waals surface area contributed by atoms with Crippen LogP contribution >= 0.6 is 0 Å². The van der Waals surface area contributed by atoms with Gasteiger partial charge in [-0.2, -0.15) is 4.98 Å². The molecule has 6 heteroatoms. The molecule has 2 aromatic heterocycles. The summed E-state index contributed by atoms with van der Waals surface area (Å²) in [5.74, 6) is 1.09. The predicted molar refractivity (Wildman–Crippen MR) is 68.4 cm³/mol. The highest BCUT2D eigenvalue weighted by atomic mass is 16.5. The number of rotatable bonds is 2. The average Bonchev–Trinajstić information content (AvgIpc) is 2.95. The molecule has 1 aliphatic heterocycles. The van der Waals surface area contributed by atoms with E-state index in [1.165, 1.54) is 0 Å². The van der Waals surface area contributed by atoms with Gasteiger partial charge in [-0.15, -0.1) is 0 Å². The minimum absolute atomic E-state index is 0.0553. The summed E-state index contributed by atoms with van der Waals surface area (Å²) in [4.78, 5) is 8.72. The Balaban J connectivity index is 1.88. The first kappa shape index (κ1) is 12.3. The van der Waals surface area contributed by atoms with Gasteiger partial charge in [0.1, 0.15) is 0 Å². The zero-order valence-electron chi connectivity index (χ0n) is 10.9. The molecular weight excluding hydrogens is 244 g/mol. The lowest BCUT2D eigenvalue weighted by molar-refractivity contribution is 0.191. The summed E-state index contributed by atoms with van der Waals surface area (Å²) in [7, 11) is 0. The van der Waals surface area contributed by atoms with E-state index in [0.29, 0.717) is 24.7 Å². The van der Waals surface area contributed by atoms with Gasteiger partial charge in [-0.3, -0.25) is 4.98 Å². The zero-order valence-corrected chi connectivity index (χ0v) is 10.9. The monoisotopic (exact) mass is 260 g/mol. The quantitative estimate of drug-likeness (QED) is 0.842. The van der Waals surface area contributed by atoms with Crippen molar-refractivity contribution in [1.29, 1.82) is 0 Å². The number of hydrogen-bond acceptors (Lipinski definition) is 6. The Morgan fingerprint density at radius 1 is 1.26 bits per heavy atom. The highest BCUT2D eigenvalue weighted by molar-refractivity contribution is 5.55. The number of nitrogens with one attached hydrogen (secondary N) is 1. The summed E-state index contributed by atoms with van der Waals surface area (Å²) in [5, 5.41) is 16.7. The Morgan fingerprint density at radius 2 is 2.00 bits per heavy atom. The third kappa shape index (κ3) is 2.50. The van der Waals surface area contributed by atoms with Gasteiger partial charge < -0.3 is 14.9 Å². The largest absolute Gasteiger partial charge is 0.392 e. The Labute approximate surface area is 110 Å². The molecule has 0 bridgehead atoms. The average molecular weight is 260 g/mol. The van der Waals surface area contributed by atoms with Crippen molar-refractivity contribution in [2.45, 2.75) is 32.4 Å². The van der Waals surface area contributed by atoms with E-state index in [1.807, 2.05) is 26.0 Å². The molecule has 3 heterocycles. The Morgan fingerprint density at radius 3 is 2.63 bits per heavy atom. The van der Waals surface area contributed by atoms with Gasteiger partial charge in [0.2, 0.25) is 11.7 Å². The normalized spacial score (nSPS) is 22.9. The van der Waals surface area contributed by atoms with Crippen molar-refractivity contribution in [1.82, 2.24) is 20.4 Å². The lowest BCUT2D eigenvalue weighted by Gasteiger charge is -2.02. The molecule has 0 amide bonds. The molecule has 3 rings (SSSR count). The van der Waals surface area contributed by atoms with Crippen molar-refractivity contribution < 1.29 is 9.63 Å². The molecule has 0 radical (unpaired) electrons. The van der Waals surface area contributed by atoms with Crippen molar-refractivity contribution in [3.63, 3.8) is 0 Å². The molecule has 6 nitrogen and oxygen atoms in total. The van der Waals surface area contributed by atoms with Gasteiger partial charge in [0.25, 0.3) is 0 Å². The number of hydrogen-bond donors (Lipinski definition) is 2. The van der Waals surface area contributed by atoms with E-state index in [4.69, 9.17) is 4.52 Å². The van der Waals surface area contributed by atoms with Gasteiger partial charge in [0.05, 0.1) is 12.1 Å². The number of pyridine rings is 1. The molecule has 0 unspecified atom stereocenters. The van der Waals surface area contributed by atoms with Crippen LogP contribution in [-0.4, -0.2) is 32.9 Å². The minimum atomic E-state index is -0.342. The lowest BCUT2D eigenvalue weighted by Crippen LogP contribution is -2.15. The van der Waals surface area contributed by atoms with E-state index in [1.54, 1.807) is 0 Å². The standard InChI is InChI=1S/C13H16N4O2/c1-7-3-9(4-8(2)15-7)12-16-13(19-17-12)11-5-10(18)6-14-11/h3-4,10-11,14,18H,5-6H2,1-2H3/t10-,11+/m0/s1. The summed E-state index contributed by atoms with van der Waals surface area (Å²) in [6.07, 6.45) is 0.265. The maximum atomic E-state index is 9.50.